The number of hydrogen-bond acceptors (Lipinski definition) is 6. The second-order valence-corrected chi connectivity index (χ2v) is 10.4. The van der Waals surface area contributed by atoms with Gasteiger partial charge in [0.1, 0.15) is 11.9 Å². The number of halogens is 2. The number of ether oxygens (including phenoxy) is 1. The van der Waals surface area contributed by atoms with Gasteiger partial charge in [0, 0.05) is 16.8 Å². The van der Waals surface area contributed by atoms with E-state index in [9.17, 15) is 15.0 Å². The Morgan fingerprint density at radius 1 is 1.26 bits per heavy atom. The van der Waals surface area contributed by atoms with Gasteiger partial charge in [-0.1, -0.05) is 30.2 Å². The molecular formula is C29H27ClFN3O4. The Bertz CT molecular complexity index is 1400. The van der Waals surface area contributed by atoms with Crippen molar-refractivity contribution in [1.82, 2.24) is 9.88 Å². The Morgan fingerprint density at radius 2 is 2.00 bits per heavy atom. The maximum Gasteiger partial charge on any atom is 0.257 e. The molecule has 1 saturated carbocycles. The first-order valence-corrected chi connectivity index (χ1v) is 12.8. The number of nitrogens with zero attached hydrogens (tertiary/aromatic N) is 3. The van der Waals surface area contributed by atoms with Gasteiger partial charge in [-0.05, 0) is 67.6 Å². The Balaban J connectivity index is 1.71. The van der Waals surface area contributed by atoms with Crippen molar-refractivity contribution in [2.24, 2.45) is 5.92 Å². The summed E-state index contributed by atoms with van der Waals surface area (Å²) in [6.45, 7) is 1.04. The molecule has 2 aromatic carbocycles. The molecule has 1 aliphatic carbocycles. The molecule has 5 rings (SSSR count). The van der Waals surface area contributed by atoms with Crippen molar-refractivity contribution in [1.29, 1.82) is 5.26 Å². The number of amides is 1. The number of fused-ring (bicyclic) bond motifs is 1. The fourth-order valence-corrected chi connectivity index (χ4v) is 5.50. The number of aromatic nitrogens is 1. The van der Waals surface area contributed by atoms with Crippen LogP contribution in [0.4, 0.5) is 4.39 Å². The highest BCUT2D eigenvalue weighted by atomic mass is 35.5. The number of carbonyl (C=O) groups excluding carboxylic acids is 1. The van der Waals surface area contributed by atoms with Gasteiger partial charge in [-0.3, -0.25) is 14.7 Å². The summed E-state index contributed by atoms with van der Waals surface area (Å²) < 4.78 is 22.4. The van der Waals surface area contributed by atoms with Crippen LogP contribution < -0.4 is 0 Å². The smallest absolute Gasteiger partial charge is 0.257 e. The number of rotatable bonds is 8. The van der Waals surface area contributed by atoms with Crippen molar-refractivity contribution < 1.29 is 24.1 Å². The zero-order chi connectivity index (χ0) is 27.1. The zero-order valence-electron chi connectivity index (χ0n) is 20.8. The molecule has 0 spiro atoms. The number of carbonyl (C=O) groups is 1. The van der Waals surface area contributed by atoms with Gasteiger partial charge < -0.3 is 14.9 Å². The van der Waals surface area contributed by atoms with Crippen molar-refractivity contribution in [2.45, 2.75) is 44.1 Å². The Kier molecular flexibility index (Phi) is 6.97. The first-order chi connectivity index (χ1) is 18.2. The molecule has 38 heavy (non-hydrogen) atoms. The van der Waals surface area contributed by atoms with Crippen LogP contribution in [0.1, 0.15) is 64.5 Å². The SMILES string of the molecule is CC(O)(c1cc(F)c2c(c1)C(=O)N(Cc1ccc(C#N)cn1)[C@@]2(OCCO)c1ccc(Cl)cc1)C1CCC1. The molecule has 1 unspecified atom stereocenters. The van der Waals surface area contributed by atoms with E-state index in [1.165, 1.54) is 17.2 Å². The molecule has 3 aromatic rings. The number of aliphatic hydroxyl groups excluding tert-OH is 1. The predicted molar refractivity (Wildman–Crippen MR) is 137 cm³/mol. The average Bonchev–Trinajstić information content (AvgIpc) is 3.11. The minimum Gasteiger partial charge on any atom is -0.394 e. The molecule has 1 aliphatic heterocycles. The standard InChI is InChI=1S/C29H27ClFN3O4/c1-28(37,19-3-2-4-19)21-13-24-26(25(31)14-21)29(38-12-11-35,20-6-8-22(30)9-7-20)34(27(24)36)17-23-10-5-18(15-32)16-33-23/h5-10,13-14,16,19,35,37H,2-4,11-12,17H2,1H3/t28?,29-/m1/s1. The van der Waals surface area contributed by atoms with E-state index < -0.39 is 23.1 Å². The Hall–Kier alpha value is -3.35. The first-order valence-electron chi connectivity index (χ1n) is 12.5. The van der Waals surface area contributed by atoms with Crippen LogP contribution in [0.15, 0.2) is 54.7 Å². The molecule has 2 atom stereocenters. The lowest BCUT2D eigenvalue weighted by atomic mass is 9.70. The molecular weight excluding hydrogens is 509 g/mol. The summed E-state index contributed by atoms with van der Waals surface area (Å²) in [6, 6.07) is 14.6. The van der Waals surface area contributed by atoms with E-state index in [1.54, 1.807) is 49.4 Å². The van der Waals surface area contributed by atoms with Crippen LogP contribution in [-0.2, 0) is 22.6 Å². The number of aliphatic hydroxyl groups is 2. The predicted octanol–water partition coefficient (Wildman–Crippen LogP) is 4.62. The van der Waals surface area contributed by atoms with E-state index >= 15 is 4.39 Å². The van der Waals surface area contributed by atoms with Gasteiger partial charge in [0.2, 0.25) is 0 Å². The summed E-state index contributed by atoms with van der Waals surface area (Å²) in [5.74, 6) is -1.24. The summed E-state index contributed by atoms with van der Waals surface area (Å²) >= 11 is 6.14. The summed E-state index contributed by atoms with van der Waals surface area (Å²) in [5, 5.41) is 30.6. The lowest BCUT2D eigenvalue weighted by molar-refractivity contribution is -0.120. The summed E-state index contributed by atoms with van der Waals surface area (Å²) in [7, 11) is 0. The van der Waals surface area contributed by atoms with Crippen LogP contribution in [0, 0.1) is 23.1 Å². The van der Waals surface area contributed by atoms with Gasteiger partial charge in [-0.15, -0.1) is 0 Å². The second kappa shape index (κ2) is 10.1. The van der Waals surface area contributed by atoms with E-state index in [2.05, 4.69) is 4.98 Å². The van der Waals surface area contributed by atoms with Crippen molar-refractivity contribution in [3.63, 3.8) is 0 Å². The third kappa shape index (κ3) is 4.26. The lowest BCUT2D eigenvalue weighted by Gasteiger charge is -2.40. The molecule has 0 bridgehead atoms. The fourth-order valence-electron chi connectivity index (χ4n) is 5.37. The Morgan fingerprint density at radius 3 is 2.58 bits per heavy atom. The average molecular weight is 536 g/mol. The molecule has 2 N–H and O–H groups in total. The monoisotopic (exact) mass is 535 g/mol. The largest absolute Gasteiger partial charge is 0.394 e. The van der Waals surface area contributed by atoms with Gasteiger partial charge in [-0.2, -0.15) is 5.26 Å². The third-order valence-corrected chi connectivity index (χ3v) is 7.93. The van der Waals surface area contributed by atoms with Gasteiger partial charge in [-0.25, -0.2) is 4.39 Å². The molecule has 2 heterocycles. The molecule has 0 saturated heterocycles. The van der Waals surface area contributed by atoms with Crippen LogP contribution in [0.5, 0.6) is 0 Å². The molecule has 1 aromatic heterocycles. The molecule has 2 aliphatic rings. The summed E-state index contributed by atoms with van der Waals surface area (Å²) in [5.41, 5.74) is -1.38. The van der Waals surface area contributed by atoms with E-state index in [0.29, 0.717) is 27.4 Å². The number of pyridine rings is 1. The van der Waals surface area contributed by atoms with Crippen LogP contribution in [0.25, 0.3) is 0 Å². The van der Waals surface area contributed by atoms with Crippen molar-refractivity contribution in [3.8, 4) is 6.07 Å². The van der Waals surface area contributed by atoms with Crippen LogP contribution in [0.2, 0.25) is 5.02 Å². The van der Waals surface area contributed by atoms with E-state index in [0.717, 1.165) is 19.3 Å². The summed E-state index contributed by atoms with van der Waals surface area (Å²) in [4.78, 5) is 19.7. The topological polar surface area (TPSA) is 107 Å². The summed E-state index contributed by atoms with van der Waals surface area (Å²) in [6.07, 6.45) is 4.04. The quantitative estimate of drug-likeness (QED) is 0.436. The highest BCUT2D eigenvalue weighted by Gasteiger charge is 2.55. The Labute approximate surface area is 225 Å². The van der Waals surface area contributed by atoms with E-state index in [4.69, 9.17) is 21.6 Å². The van der Waals surface area contributed by atoms with Gasteiger partial charge in [0.15, 0.2) is 5.72 Å². The molecule has 7 nitrogen and oxygen atoms in total. The highest BCUT2D eigenvalue weighted by molar-refractivity contribution is 6.30. The number of benzene rings is 2. The van der Waals surface area contributed by atoms with Gasteiger partial charge >= 0.3 is 0 Å². The molecule has 1 amide bonds. The van der Waals surface area contributed by atoms with Crippen LogP contribution in [-0.4, -0.2) is 39.2 Å². The molecule has 9 heteroatoms. The zero-order valence-corrected chi connectivity index (χ0v) is 21.6. The van der Waals surface area contributed by atoms with Crippen molar-refractivity contribution in [2.75, 3.05) is 13.2 Å². The second-order valence-electron chi connectivity index (χ2n) is 9.92. The van der Waals surface area contributed by atoms with Crippen LogP contribution >= 0.6 is 11.6 Å². The lowest BCUT2D eigenvalue weighted by Crippen LogP contribution is -2.47. The first kappa shape index (κ1) is 26.3. The number of hydrogen-bond donors (Lipinski definition) is 2. The third-order valence-electron chi connectivity index (χ3n) is 7.68. The molecule has 1 fully saturated rings. The minimum atomic E-state index is -1.74. The van der Waals surface area contributed by atoms with Gasteiger partial charge in [0.25, 0.3) is 5.91 Å². The molecule has 0 radical (unpaired) electrons. The highest BCUT2D eigenvalue weighted by Crippen LogP contribution is 2.50. The van der Waals surface area contributed by atoms with E-state index in [1.807, 2.05) is 6.07 Å². The number of nitriles is 1. The van der Waals surface area contributed by atoms with Crippen molar-refractivity contribution >= 4 is 17.5 Å². The normalized spacial score (nSPS) is 20.5. The fraction of sp³-hybridized carbons (Fsp3) is 0.345. The molecule has 196 valence electrons. The maximum atomic E-state index is 16.2. The maximum absolute atomic E-state index is 16.2. The van der Waals surface area contributed by atoms with E-state index in [-0.39, 0.29) is 36.8 Å². The van der Waals surface area contributed by atoms with Gasteiger partial charge in [0.05, 0.1) is 47.7 Å². The minimum absolute atomic E-state index is 0.0000712. The van der Waals surface area contributed by atoms with Crippen LogP contribution in [0.3, 0.4) is 0 Å². The van der Waals surface area contributed by atoms with Crippen molar-refractivity contribution in [3.05, 3.63) is 99.1 Å².